The summed E-state index contributed by atoms with van der Waals surface area (Å²) in [4.78, 5) is 33.5. The normalized spacial score (nSPS) is 19.2. The minimum Gasteiger partial charge on any atom is -0.483 e. The van der Waals surface area contributed by atoms with Gasteiger partial charge in [0.25, 0.3) is 11.8 Å². The molecular formula is C27H28ClF2N5O3. The van der Waals surface area contributed by atoms with Crippen LogP contribution in [-0.4, -0.2) is 65.5 Å². The highest BCUT2D eigenvalue weighted by Crippen LogP contribution is 2.46. The number of anilines is 2. The molecule has 8 nitrogen and oxygen atoms in total. The molecule has 5 rings (SSSR count). The number of carbonyl (C=O) groups excluding carboxylic acids is 2. The first-order valence-corrected chi connectivity index (χ1v) is 12.8. The van der Waals surface area contributed by atoms with Crippen LogP contribution >= 0.6 is 11.6 Å². The Balaban J connectivity index is 1.66. The van der Waals surface area contributed by atoms with Crippen LogP contribution in [0.2, 0.25) is 5.02 Å². The SMILES string of the molecule is C=CC(=O)N1CCCCC(n2c(NC(=O)c3ccccc3)nc3cc4c(c(Cl)c32)OCC(F)(F)CN4C)C1. The smallest absolute Gasteiger partial charge is 0.298 e. The summed E-state index contributed by atoms with van der Waals surface area (Å²) in [6.07, 6.45) is 3.60. The van der Waals surface area contributed by atoms with Crippen molar-refractivity contribution < 1.29 is 23.1 Å². The van der Waals surface area contributed by atoms with E-state index in [9.17, 15) is 18.4 Å². The van der Waals surface area contributed by atoms with Gasteiger partial charge in [-0.2, -0.15) is 0 Å². The second kappa shape index (κ2) is 10.2. The number of nitrogens with zero attached hydrogens (tertiary/aromatic N) is 4. The topological polar surface area (TPSA) is 79.7 Å². The van der Waals surface area contributed by atoms with E-state index in [4.69, 9.17) is 21.3 Å². The molecule has 1 N–H and O–H groups in total. The average Bonchev–Trinajstić information content (AvgIpc) is 3.01. The predicted molar refractivity (Wildman–Crippen MR) is 143 cm³/mol. The lowest BCUT2D eigenvalue weighted by molar-refractivity contribution is -0.126. The van der Waals surface area contributed by atoms with Crippen molar-refractivity contribution in [3.05, 3.63) is 59.6 Å². The van der Waals surface area contributed by atoms with Crippen LogP contribution < -0.4 is 15.0 Å². The van der Waals surface area contributed by atoms with E-state index in [-0.39, 0.29) is 34.6 Å². The lowest BCUT2D eigenvalue weighted by Gasteiger charge is -2.26. The molecule has 1 aromatic heterocycles. The predicted octanol–water partition coefficient (Wildman–Crippen LogP) is 5.15. The lowest BCUT2D eigenvalue weighted by Crippen LogP contribution is -2.36. The maximum absolute atomic E-state index is 14.3. The third-order valence-electron chi connectivity index (χ3n) is 6.92. The molecule has 0 spiro atoms. The number of aromatic nitrogens is 2. The zero-order valence-corrected chi connectivity index (χ0v) is 21.7. The van der Waals surface area contributed by atoms with Crippen LogP contribution in [0.1, 0.15) is 35.7 Å². The zero-order chi connectivity index (χ0) is 27.0. The molecule has 3 heterocycles. The molecule has 2 aliphatic rings. The van der Waals surface area contributed by atoms with Crippen molar-refractivity contribution in [1.29, 1.82) is 0 Å². The molecule has 1 atom stereocenters. The van der Waals surface area contributed by atoms with Gasteiger partial charge < -0.3 is 19.1 Å². The minimum atomic E-state index is -3.06. The quantitative estimate of drug-likeness (QED) is 0.461. The Kier molecular flexibility index (Phi) is 7.00. The summed E-state index contributed by atoms with van der Waals surface area (Å²) in [7, 11) is 1.54. The van der Waals surface area contributed by atoms with Gasteiger partial charge in [0, 0.05) is 25.7 Å². The number of likely N-dealkylation sites (tertiary alicyclic amines) is 1. The first-order chi connectivity index (χ1) is 18.2. The van der Waals surface area contributed by atoms with Crippen LogP contribution in [-0.2, 0) is 4.79 Å². The molecule has 1 fully saturated rings. The number of rotatable bonds is 4. The molecule has 11 heteroatoms. The Hall–Kier alpha value is -3.66. The van der Waals surface area contributed by atoms with Gasteiger partial charge in [-0.3, -0.25) is 14.9 Å². The summed E-state index contributed by atoms with van der Waals surface area (Å²) in [6, 6.07) is 10.1. The molecule has 2 aromatic carbocycles. The Bertz CT molecular complexity index is 1390. The van der Waals surface area contributed by atoms with Gasteiger partial charge in [-0.05, 0) is 43.5 Å². The summed E-state index contributed by atoms with van der Waals surface area (Å²) in [5.41, 5.74) is 1.70. The van der Waals surface area contributed by atoms with Gasteiger partial charge in [-0.25, -0.2) is 13.8 Å². The standard InChI is InChI=1S/C27H28ClF2N5O3/c1-3-21(36)34-12-8-7-11-18(14-34)35-23-19(31-26(35)32-25(37)17-9-5-4-6-10-17)13-20-24(22(23)28)38-16-27(29,30)15-33(20)2/h3-6,9-10,13,18H,1,7-8,11-12,14-16H2,2H3,(H,31,32,37). The third-order valence-corrected chi connectivity index (χ3v) is 7.27. The van der Waals surface area contributed by atoms with Gasteiger partial charge in [-0.1, -0.05) is 36.4 Å². The van der Waals surface area contributed by atoms with Crippen LogP contribution in [0.3, 0.4) is 0 Å². The van der Waals surface area contributed by atoms with Crippen LogP contribution in [0, 0.1) is 0 Å². The Labute approximate surface area is 223 Å². The number of amides is 2. The number of carbonyl (C=O) groups is 2. The van der Waals surface area contributed by atoms with E-state index < -0.39 is 19.1 Å². The minimum absolute atomic E-state index is 0.126. The number of alkyl halides is 2. The van der Waals surface area contributed by atoms with Crippen LogP contribution in [0.5, 0.6) is 5.75 Å². The molecule has 0 saturated carbocycles. The van der Waals surface area contributed by atoms with Crippen molar-refractivity contribution in [2.75, 3.05) is 43.5 Å². The molecular weight excluding hydrogens is 516 g/mol. The molecule has 0 aliphatic carbocycles. The van der Waals surface area contributed by atoms with Crippen molar-refractivity contribution in [1.82, 2.24) is 14.5 Å². The maximum atomic E-state index is 14.3. The first kappa shape index (κ1) is 26.0. The largest absolute Gasteiger partial charge is 0.483 e. The van der Waals surface area contributed by atoms with Gasteiger partial charge in [0.1, 0.15) is 5.02 Å². The molecule has 3 aromatic rings. The van der Waals surface area contributed by atoms with Crippen LogP contribution in [0.25, 0.3) is 11.0 Å². The molecule has 0 radical (unpaired) electrons. The van der Waals surface area contributed by atoms with Crippen molar-refractivity contribution in [2.45, 2.75) is 31.2 Å². The van der Waals surface area contributed by atoms with Gasteiger partial charge in [0.15, 0.2) is 12.4 Å². The second-order valence-corrected chi connectivity index (χ2v) is 10.0. The number of fused-ring (bicyclic) bond motifs is 2. The highest BCUT2D eigenvalue weighted by molar-refractivity contribution is 6.37. The van der Waals surface area contributed by atoms with Crippen molar-refractivity contribution in [2.24, 2.45) is 0 Å². The molecule has 200 valence electrons. The van der Waals surface area contributed by atoms with Crippen molar-refractivity contribution in [3.63, 3.8) is 0 Å². The van der Waals surface area contributed by atoms with Gasteiger partial charge in [-0.15, -0.1) is 0 Å². The first-order valence-electron chi connectivity index (χ1n) is 12.4. The highest BCUT2D eigenvalue weighted by Gasteiger charge is 2.38. The van der Waals surface area contributed by atoms with Crippen LogP contribution in [0.4, 0.5) is 20.4 Å². The number of imidazole rings is 1. The van der Waals surface area contributed by atoms with Crippen molar-refractivity contribution >= 4 is 46.1 Å². The molecule has 2 amide bonds. The summed E-state index contributed by atoms with van der Waals surface area (Å²) in [5, 5.41) is 3.03. The number of nitrogens with one attached hydrogen (secondary N) is 1. The lowest BCUT2D eigenvalue weighted by atomic mass is 10.1. The maximum Gasteiger partial charge on any atom is 0.298 e. The van der Waals surface area contributed by atoms with Gasteiger partial charge >= 0.3 is 0 Å². The van der Waals surface area contributed by atoms with E-state index in [1.807, 2.05) is 6.07 Å². The molecule has 38 heavy (non-hydrogen) atoms. The third kappa shape index (κ3) is 4.92. The number of ether oxygens (including phenoxy) is 1. The molecule has 1 saturated heterocycles. The average molecular weight is 544 g/mol. The van der Waals surface area contributed by atoms with Gasteiger partial charge in [0.05, 0.1) is 29.3 Å². The van der Waals surface area contributed by atoms with Gasteiger partial charge in [0.2, 0.25) is 11.9 Å². The second-order valence-electron chi connectivity index (χ2n) is 9.67. The number of hydrogen-bond acceptors (Lipinski definition) is 5. The van der Waals surface area contributed by atoms with Crippen molar-refractivity contribution in [3.8, 4) is 5.75 Å². The fraction of sp³-hybridized carbons (Fsp3) is 0.370. The highest BCUT2D eigenvalue weighted by atomic mass is 35.5. The van der Waals surface area contributed by atoms with E-state index >= 15 is 0 Å². The molecule has 1 unspecified atom stereocenters. The number of hydrogen-bond donors (Lipinski definition) is 1. The fourth-order valence-electron chi connectivity index (χ4n) is 5.13. The van der Waals surface area contributed by atoms with E-state index in [1.54, 1.807) is 46.8 Å². The molecule has 0 bridgehead atoms. The number of benzene rings is 2. The monoisotopic (exact) mass is 543 g/mol. The number of halogens is 3. The van der Waals surface area contributed by atoms with E-state index in [0.29, 0.717) is 41.8 Å². The van der Waals surface area contributed by atoms with E-state index in [0.717, 1.165) is 12.8 Å². The van der Waals surface area contributed by atoms with Crippen LogP contribution in [0.15, 0.2) is 49.1 Å². The Morgan fingerprint density at radius 2 is 2.03 bits per heavy atom. The fourth-order valence-corrected chi connectivity index (χ4v) is 5.47. The molecule has 2 aliphatic heterocycles. The summed E-state index contributed by atoms with van der Waals surface area (Å²) >= 11 is 6.88. The summed E-state index contributed by atoms with van der Waals surface area (Å²) in [5.74, 6) is -3.23. The summed E-state index contributed by atoms with van der Waals surface area (Å²) in [6.45, 7) is 3.18. The Morgan fingerprint density at radius 1 is 1.26 bits per heavy atom. The summed E-state index contributed by atoms with van der Waals surface area (Å²) < 4.78 is 36.0. The zero-order valence-electron chi connectivity index (χ0n) is 20.9. The van der Waals surface area contributed by atoms with E-state index in [2.05, 4.69) is 11.9 Å². The Morgan fingerprint density at radius 3 is 2.76 bits per heavy atom. The van der Waals surface area contributed by atoms with E-state index in [1.165, 1.54) is 11.0 Å².